The first-order valence-corrected chi connectivity index (χ1v) is 8.01. The Labute approximate surface area is 124 Å². The lowest BCUT2D eigenvalue weighted by atomic mass is 9.67. The summed E-state index contributed by atoms with van der Waals surface area (Å²) < 4.78 is 1.56. The van der Waals surface area contributed by atoms with E-state index in [0.29, 0.717) is 22.0 Å². The van der Waals surface area contributed by atoms with Gasteiger partial charge in [-0.1, -0.05) is 24.9 Å². The third-order valence-electron chi connectivity index (χ3n) is 4.93. The van der Waals surface area contributed by atoms with E-state index >= 15 is 0 Å². The predicted octanol–water partition coefficient (Wildman–Crippen LogP) is 3.30. The Morgan fingerprint density at radius 1 is 1.50 bits per heavy atom. The van der Waals surface area contributed by atoms with Gasteiger partial charge in [0.05, 0.1) is 11.2 Å². The van der Waals surface area contributed by atoms with Crippen molar-refractivity contribution < 1.29 is 0 Å². The fourth-order valence-electron chi connectivity index (χ4n) is 2.91. The van der Waals surface area contributed by atoms with Crippen LogP contribution in [0.3, 0.4) is 0 Å². The van der Waals surface area contributed by atoms with Crippen molar-refractivity contribution in [2.24, 2.45) is 11.3 Å². The van der Waals surface area contributed by atoms with Crippen LogP contribution in [0, 0.1) is 11.3 Å². The second-order valence-corrected chi connectivity index (χ2v) is 6.77. The average Bonchev–Trinajstić information content (AvgIpc) is 3.19. The molecule has 1 aromatic rings. The lowest BCUT2D eigenvalue weighted by molar-refractivity contribution is 0.145. The zero-order valence-corrected chi connectivity index (χ0v) is 12.7. The van der Waals surface area contributed by atoms with Gasteiger partial charge in [0.15, 0.2) is 0 Å². The number of nitrogens with zero attached hydrogens (tertiary/aromatic N) is 2. The topological polar surface area (TPSA) is 46.9 Å². The van der Waals surface area contributed by atoms with E-state index in [1.807, 2.05) is 0 Å². The zero-order chi connectivity index (χ0) is 14.2. The molecule has 0 radical (unpaired) electrons. The summed E-state index contributed by atoms with van der Waals surface area (Å²) >= 11 is 6.15. The van der Waals surface area contributed by atoms with Gasteiger partial charge in [0.2, 0.25) is 0 Å². The van der Waals surface area contributed by atoms with E-state index < -0.39 is 0 Å². The lowest BCUT2D eigenvalue weighted by Crippen LogP contribution is -2.37. The Hall–Kier alpha value is -1.03. The van der Waals surface area contributed by atoms with Crippen LogP contribution in [0.15, 0.2) is 11.0 Å². The maximum absolute atomic E-state index is 12.4. The summed E-state index contributed by atoms with van der Waals surface area (Å²) in [6, 6.07) is 0. The SMILES string of the molecule is CCC1(CNc2c(Cl)cnn(CC3CC3)c2=O)CCC1. The highest BCUT2D eigenvalue weighted by Crippen LogP contribution is 2.43. The first-order chi connectivity index (χ1) is 9.63. The fraction of sp³-hybridized carbons (Fsp3) is 0.733. The second-order valence-electron chi connectivity index (χ2n) is 6.36. The summed E-state index contributed by atoms with van der Waals surface area (Å²) in [6.07, 6.45) is 8.94. The van der Waals surface area contributed by atoms with Gasteiger partial charge in [0.1, 0.15) is 5.69 Å². The van der Waals surface area contributed by atoms with Crippen molar-refractivity contribution in [2.45, 2.75) is 52.0 Å². The van der Waals surface area contributed by atoms with Crippen LogP contribution in [0.5, 0.6) is 0 Å². The maximum atomic E-state index is 12.4. The van der Waals surface area contributed by atoms with E-state index in [2.05, 4.69) is 17.3 Å². The number of nitrogens with one attached hydrogen (secondary N) is 1. The molecule has 0 aromatic carbocycles. The number of rotatable bonds is 6. The van der Waals surface area contributed by atoms with Gasteiger partial charge >= 0.3 is 0 Å². The van der Waals surface area contributed by atoms with Gasteiger partial charge in [0.25, 0.3) is 5.56 Å². The molecule has 4 nitrogen and oxygen atoms in total. The molecule has 0 bridgehead atoms. The Kier molecular flexibility index (Phi) is 3.76. The van der Waals surface area contributed by atoms with Crippen molar-refractivity contribution in [1.29, 1.82) is 0 Å². The number of halogens is 1. The Morgan fingerprint density at radius 3 is 2.80 bits per heavy atom. The largest absolute Gasteiger partial charge is 0.379 e. The van der Waals surface area contributed by atoms with E-state index in [9.17, 15) is 4.79 Å². The monoisotopic (exact) mass is 295 g/mol. The molecule has 2 aliphatic rings. The van der Waals surface area contributed by atoms with Crippen molar-refractivity contribution in [2.75, 3.05) is 11.9 Å². The van der Waals surface area contributed by atoms with Crippen LogP contribution in [0.25, 0.3) is 0 Å². The summed E-state index contributed by atoms with van der Waals surface area (Å²) in [7, 11) is 0. The number of aromatic nitrogens is 2. The van der Waals surface area contributed by atoms with Crippen LogP contribution in [-0.2, 0) is 6.54 Å². The molecule has 0 unspecified atom stereocenters. The molecule has 0 amide bonds. The highest BCUT2D eigenvalue weighted by atomic mass is 35.5. The predicted molar refractivity (Wildman–Crippen MR) is 81.3 cm³/mol. The molecule has 2 aliphatic carbocycles. The van der Waals surface area contributed by atoms with E-state index in [0.717, 1.165) is 19.5 Å². The Balaban J connectivity index is 1.75. The quantitative estimate of drug-likeness (QED) is 0.876. The molecular formula is C15H22ClN3O. The molecule has 1 N–H and O–H groups in total. The molecule has 2 fully saturated rings. The first-order valence-electron chi connectivity index (χ1n) is 7.63. The van der Waals surface area contributed by atoms with Crippen LogP contribution < -0.4 is 10.9 Å². The number of anilines is 1. The van der Waals surface area contributed by atoms with E-state index in [1.54, 1.807) is 10.9 Å². The van der Waals surface area contributed by atoms with Gasteiger partial charge in [-0.05, 0) is 43.4 Å². The van der Waals surface area contributed by atoms with Gasteiger partial charge < -0.3 is 5.32 Å². The smallest absolute Gasteiger partial charge is 0.291 e. The van der Waals surface area contributed by atoms with Gasteiger partial charge in [-0.3, -0.25) is 4.79 Å². The van der Waals surface area contributed by atoms with Gasteiger partial charge in [0, 0.05) is 13.1 Å². The Bertz CT molecular complexity index is 541. The maximum Gasteiger partial charge on any atom is 0.291 e. The van der Waals surface area contributed by atoms with E-state index in [-0.39, 0.29) is 5.56 Å². The van der Waals surface area contributed by atoms with Crippen LogP contribution in [0.4, 0.5) is 5.69 Å². The first kappa shape index (κ1) is 13.9. The summed E-state index contributed by atoms with van der Waals surface area (Å²) in [5.74, 6) is 0.628. The molecule has 5 heteroatoms. The minimum Gasteiger partial charge on any atom is -0.379 e. The van der Waals surface area contributed by atoms with Gasteiger partial charge in [-0.25, -0.2) is 4.68 Å². The number of hydrogen-bond donors (Lipinski definition) is 1. The summed E-state index contributed by atoms with van der Waals surface area (Å²) in [5, 5.41) is 7.89. The van der Waals surface area contributed by atoms with E-state index in [1.165, 1.54) is 32.1 Å². The standard InChI is InChI=1S/C15H22ClN3O/c1-2-15(6-3-7-15)10-17-13-12(16)8-18-19(14(13)20)9-11-4-5-11/h8,11,17H,2-7,9-10H2,1H3. The molecule has 2 saturated carbocycles. The minimum atomic E-state index is -0.0741. The van der Waals surface area contributed by atoms with Crippen LogP contribution in [0.2, 0.25) is 5.02 Å². The normalized spacial score (nSPS) is 20.5. The molecule has 0 spiro atoms. The third kappa shape index (κ3) is 2.71. The highest BCUT2D eigenvalue weighted by Gasteiger charge is 2.35. The molecule has 3 rings (SSSR count). The zero-order valence-electron chi connectivity index (χ0n) is 12.0. The van der Waals surface area contributed by atoms with Crippen molar-refractivity contribution in [1.82, 2.24) is 9.78 Å². The van der Waals surface area contributed by atoms with Crippen molar-refractivity contribution in [3.05, 3.63) is 21.6 Å². The van der Waals surface area contributed by atoms with Crippen LogP contribution in [-0.4, -0.2) is 16.3 Å². The highest BCUT2D eigenvalue weighted by molar-refractivity contribution is 6.32. The van der Waals surface area contributed by atoms with E-state index in [4.69, 9.17) is 11.6 Å². The molecule has 1 heterocycles. The Morgan fingerprint density at radius 2 is 2.25 bits per heavy atom. The molecule has 0 aliphatic heterocycles. The average molecular weight is 296 g/mol. The van der Waals surface area contributed by atoms with Crippen molar-refractivity contribution in [3.63, 3.8) is 0 Å². The lowest BCUT2D eigenvalue weighted by Gasteiger charge is -2.41. The van der Waals surface area contributed by atoms with Crippen molar-refractivity contribution >= 4 is 17.3 Å². The molecule has 0 atom stereocenters. The second kappa shape index (κ2) is 5.40. The molecule has 0 saturated heterocycles. The van der Waals surface area contributed by atoms with Crippen LogP contribution in [0.1, 0.15) is 45.4 Å². The molecular weight excluding hydrogens is 274 g/mol. The third-order valence-corrected chi connectivity index (χ3v) is 5.22. The summed E-state index contributed by atoms with van der Waals surface area (Å²) in [5.41, 5.74) is 0.817. The molecule has 20 heavy (non-hydrogen) atoms. The van der Waals surface area contributed by atoms with Crippen LogP contribution >= 0.6 is 11.6 Å². The number of hydrogen-bond acceptors (Lipinski definition) is 3. The molecule has 110 valence electrons. The van der Waals surface area contributed by atoms with Crippen molar-refractivity contribution in [3.8, 4) is 0 Å². The summed E-state index contributed by atoms with van der Waals surface area (Å²) in [4.78, 5) is 12.4. The van der Waals surface area contributed by atoms with Gasteiger partial charge in [-0.2, -0.15) is 5.10 Å². The fourth-order valence-corrected chi connectivity index (χ4v) is 3.10. The summed E-state index contributed by atoms with van der Waals surface area (Å²) in [6.45, 7) is 3.79. The molecule has 1 aromatic heterocycles. The van der Waals surface area contributed by atoms with Gasteiger partial charge in [-0.15, -0.1) is 0 Å². The minimum absolute atomic E-state index is 0.0741.